The summed E-state index contributed by atoms with van der Waals surface area (Å²) in [7, 11) is -1.10. The molecule has 4 rings (SSSR count). The van der Waals surface area contributed by atoms with Crippen molar-refractivity contribution in [1.82, 2.24) is 14.3 Å². The Bertz CT molecular complexity index is 1100. The van der Waals surface area contributed by atoms with E-state index in [0.29, 0.717) is 24.6 Å². The first-order chi connectivity index (χ1) is 12.5. The minimum Gasteiger partial charge on any atom is -0.481 e. The quantitative estimate of drug-likeness (QED) is 0.770. The molecule has 1 aliphatic rings. The van der Waals surface area contributed by atoms with Crippen molar-refractivity contribution < 1.29 is 8.95 Å². The summed E-state index contributed by atoms with van der Waals surface area (Å²) in [5.41, 5.74) is 5.14. The number of nitrogens with zero attached hydrogens (tertiary/aromatic N) is 3. The highest BCUT2D eigenvalue weighted by Gasteiger charge is 2.21. The number of aromatic nitrogens is 2. The van der Waals surface area contributed by atoms with Crippen molar-refractivity contribution >= 4 is 20.9 Å². The smallest absolute Gasteiger partial charge is 0.215 e. The van der Waals surface area contributed by atoms with Gasteiger partial charge in [0.1, 0.15) is 9.92 Å². The molecule has 1 aliphatic heterocycles. The van der Waals surface area contributed by atoms with Gasteiger partial charge < -0.3 is 4.74 Å². The lowest BCUT2D eigenvalue weighted by atomic mass is 9.94. The first kappa shape index (κ1) is 16.9. The Balaban J connectivity index is 1.79. The zero-order chi connectivity index (χ0) is 18.3. The Kier molecular flexibility index (Phi) is 4.13. The van der Waals surface area contributed by atoms with Crippen molar-refractivity contribution in [3.63, 3.8) is 0 Å². The number of hydrogen-bond donors (Lipinski definition) is 1. The van der Waals surface area contributed by atoms with Crippen LogP contribution in [0.3, 0.4) is 0 Å². The Morgan fingerprint density at radius 3 is 2.81 bits per heavy atom. The second-order valence-electron chi connectivity index (χ2n) is 6.48. The lowest BCUT2D eigenvalue weighted by Crippen LogP contribution is -2.34. The molecule has 0 bridgehead atoms. The van der Waals surface area contributed by atoms with Crippen molar-refractivity contribution in [2.24, 2.45) is 0 Å². The van der Waals surface area contributed by atoms with E-state index in [0.717, 1.165) is 28.5 Å². The summed E-state index contributed by atoms with van der Waals surface area (Å²) in [5.74, 6) is 0.538. The van der Waals surface area contributed by atoms with Crippen LogP contribution in [0.2, 0.25) is 0 Å². The van der Waals surface area contributed by atoms with Gasteiger partial charge in [0.05, 0.1) is 7.11 Å². The first-order valence-corrected chi connectivity index (χ1v) is 10.3. The van der Waals surface area contributed by atoms with Gasteiger partial charge in [-0.15, -0.1) is 0 Å². The minimum absolute atomic E-state index is 0.538. The van der Waals surface area contributed by atoms with Crippen LogP contribution >= 0.6 is 0 Å². The number of ether oxygens (including phenoxy) is 1. The van der Waals surface area contributed by atoms with E-state index in [1.165, 1.54) is 11.8 Å². The van der Waals surface area contributed by atoms with Crippen LogP contribution in [0, 0.1) is 4.78 Å². The molecule has 1 aromatic carbocycles. The summed E-state index contributed by atoms with van der Waals surface area (Å²) < 4.78 is 26.9. The van der Waals surface area contributed by atoms with Crippen molar-refractivity contribution in [1.29, 1.82) is 4.78 Å². The van der Waals surface area contributed by atoms with Gasteiger partial charge in [0, 0.05) is 37.0 Å². The molecule has 0 aliphatic carbocycles. The lowest BCUT2D eigenvalue weighted by molar-refractivity contribution is 0.399. The molecule has 0 amide bonds. The van der Waals surface area contributed by atoms with Crippen molar-refractivity contribution in [3.05, 3.63) is 53.7 Å². The standard InChI is InChI=1S/C19H20N4O2S/c1-25-18-6-5-17-16(7-9-21-19(17)22-18)14-4-3-13-8-10-23(26(2,20)24)12-15(13)11-14/h3-7,9,11,20H,8,10,12H2,1-2H3. The van der Waals surface area contributed by atoms with Gasteiger partial charge in [-0.3, -0.25) is 0 Å². The summed E-state index contributed by atoms with van der Waals surface area (Å²) >= 11 is 0. The van der Waals surface area contributed by atoms with Crippen LogP contribution in [0.25, 0.3) is 22.2 Å². The van der Waals surface area contributed by atoms with Crippen molar-refractivity contribution in [3.8, 4) is 17.0 Å². The largest absolute Gasteiger partial charge is 0.481 e. The van der Waals surface area contributed by atoms with E-state index >= 15 is 0 Å². The second-order valence-corrected chi connectivity index (χ2v) is 8.60. The molecule has 3 heterocycles. The van der Waals surface area contributed by atoms with E-state index in [1.807, 2.05) is 18.2 Å². The maximum atomic E-state index is 12.1. The predicted octanol–water partition coefficient (Wildman–Crippen LogP) is 3.26. The highest BCUT2D eigenvalue weighted by Crippen LogP contribution is 2.31. The van der Waals surface area contributed by atoms with Gasteiger partial charge in [0.25, 0.3) is 0 Å². The van der Waals surface area contributed by atoms with E-state index < -0.39 is 9.92 Å². The Labute approximate surface area is 153 Å². The topological polar surface area (TPSA) is 79.2 Å². The Morgan fingerprint density at radius 1 is 1.19 bits per heavy atom. The molecule has 2 aromatic heterocycles. The van der Waals surface area contributed by atoms with Crippen LogP contribution in [0.1, 0.15) is 11.1 Å². The summed E-state index contributed by atoms with van der Waals surface area (Å²) in [6, 6.07) is 12.2. The summed E-state index contributed by atoms with van der Waals surface area (Å²) in [4.78, 5) is 8.75. The number of fused-ring (bicyclic) bond motifs is 2. The molecule has 1 N–H and O–H groups in total. The van der Waals surface area contributed by atoms with Crippen LogP contribution in [0.5, 0.6) is 5.88 Å². The minimum atomic E-state index is -2.69. The highest BCUT2D eigenvalue weighted by molar-refractivity contribution is 7.89. The fraction of sp³-hybridized carbons (Fsp3) is 0.263. The van der Waals surface area contributed by atoms with E-state index in [1.54, 1.807) is 17.6 Å². The second kappa shape index (κ2) is 6.34. The van der Waals surface area contributed by atoms with Gasteiger partial charge in [0.2, 0.25) is 5.88 Å². The molecule has 0 saturated heterocycles. The summed E-state index contributed by atoms with van der Waals surface area (Å²) in [5, 5.41) is 0.959. The monoisotopic (exact) mass is 368 g/mol. The van der Waals surface area contributed by atoms with Crippen LogP contribution in [-0.2, 0) is 22.9 Å². The average Bonchev–Trinajstić information content (AvgIpc) is 2.65. The third-order valence-electron chi connectivity index (χ3n) is 4.77. The highest BCUT2D eigenvalue weighted by atomic mass is 32.2. The number of pyridine rings is 2. The van der Waals surface area contributed by atoms with Crippen molar-refractivity contribution in [2.45, 2.75) is 13.0 Å². The number of nitrogens with one attached hydrogen (secondary N) is 1. The fourth-order valence-corrected chi connectivity index (χ4v) is 4.20. The molecular weight excluding hydrogens is 348 g/mol. The molecule has 0 spiro atoms. The number of methoxy groups -OCH3 is 1. The van der Waals surface area contributed by atoms with Crippen LogP contribution in [0.15, 0.2) is 42.6 Å². The maximum Gasteiger partial charge on any atom is 0.215 e. The zero-order valence-electron chi connectivity index (χ0n) is 14.7. The molecule has 1 unspecified atom stereocenters. The van der Waals surface area contributed by atoms with E-state index in [-0.39, 0.29) is 0 Å². The van der Waals surface area contributed by atoms with Gasteiger partial charge in [-0.05, 0) is 46.9 Å². The molecule has 0 saturated carbocycles. The molecule has 0 radical (unpaired) electrons. The van der Waals surface area contributed by atoms with E-state index in [4.69, 9.17) is 9.52 Å². The predicted molar refractivity (Wildman–Crippen MR) is 102 cm³/mol. The average molecular weight is 368 g/mol. The summed E-state index contributed by atoms with van der Waals surface area (Å²) in [6.45, 7) is 1.20. The van der Waals surface area contributed by atoms with E-state index in [9.17, 15) is 4.21 Å². The van der Waals surface area contributed by atoms with Gasteiger partial charge >= 0.3 is 0 Å². The molecule has 7 heteroatoms. The molecule has 1 atom stereocenters. The Morgan fingerprint density at radius 2 is 2.04 bits per heavy atom. The van der Waals surface area contributed by atoms with E-state index in [2.05, 4.69) is 28.2 Å². The van der Waals surface area contributed by atoms with Crippen LogP contribution < -0.4 is 4.74 Å². The molecule has 6 nitrogen and oxygen atoms in total. The Hall–Kier alpha value is -2.51. The van der Waals surface area contributed by atoms with Gasteiger partial charge in [0.15, 0.2) is 5.65 Å². The molecule has 26 heavy (non-hydrogen) atoms. The molecular formula is C19H20N4O2S. The van der Waals surface area contributed by atoms with Gasteiger partial charge in [-0.1, -0.05) is 12.1 Å². The number of rotatable bonds is 3. The third-order valence-corrected chi connectivity index (χ3v) is 6.07. The van der Waals surface area contributed by atoms with Crippen molar-refractivity contribution in [2.75, 3.05) is 19.9 Å². The molecule has 0 fully saturated rings. The maximum absolute atomic E-state index is 12.1. The number of benzene rings is 1. The van der Waals surface area contributed by atoms with Crippen LogP contribution in [0.4, 0.5) is 0 Å². The SMILES string of the molecule is COc1ccc2c(-c3ccc4c(c3)CN(S(C)(=N)=O)CC4)ccnc2n1. The normalized spacial score (nSPS) is 16.8. The van der Waals surface area contributed by atoms with Crippen LogP contribution in [-0.4, -0.2) is 38.4 Å². The van der Waals surface area contributed by atoms with Gasteiger partial charge in [-0.25, -0.2) is 18.3 Å². The third kappa shape index (κ3) is 3.04. The first-order valence-electron chi connectivity index (χ1n) is 8.36. The van der Waals surface area contributed by atoms with Gasteiger partial charge in [-0.2, -0.15) is 4.98 Å². The zero-order valence-corrected chi connectivity index (χ0v) is 15.5. The molecule has 134 valence electrons. The summed E-state index contributed by atoms with van der Waals surface area (Å²) in [6.07, 6.45) is 4.05. The lowest BCUT2D eigenvalue weighted by Gasteiger charge is -2.28. The fourth-order valence-electron chi connectivity index (χ4n) is 3.37. The number of hydrogen-bond acceptors (Lipinski definition) is 5. The molecule has 3 aromatic rings.